The molecule has 0 aliphatic carbocycles. The zero-order valence-corrected chi connectivity index (χ0v) is 11.6. The number of nitrogens with one attached hydrogen (secondary N) is 2. The number of aromatic amines is 1. The molecule has 0 bridgehead atoms. The Hall–Kier alpha value is -2.41. The number of aromatic nitrogens is 3. The van der Waals surface area contributed by atoms with Crippen molar-refractivity contribution in [3.63, 3.8) is 0 Å². The number of nitrogens with two attached hydrogens (primary N) is 1. The van der Waals surface area contributed by atoms with E-state index in [1.165, 1.54) is 6.33 Å². The first-order chi connectivity index (χ1) is 10.1. The van der Waals surface area contributed by atoms with Gasteiger partial charge < -0.3 is 16.2 Å². The molecule has 2 rings (SSSR count). The summed E-state index contributed by atoms with van der Waals surface area (Å²) in [6, 6.07) is 6.08. The van der Waals surface area contributed by atoms with Gasteiger partial charge >= 0.3 is 0 Å². The van der Waals surface area contributed by atoms with Crippen LogP contribution in [0, 0.1) is 0 Å². The third-order valence-electron chi connectivity index (χ3n) is 3.08. The standard InChI is InChI=1S/C14H19N5O2/c15-12(8-10-3-5-11(20)6-4-10)14(21)16-7-1-2-13-17-9-18-19-13/h3-6,9,12,20H,1-2,7-8,15H2,(H,16,21)(H,17,18,19). The number of hydrogen-bond donors (Lipinski definition) is 4. The van der Waals surface area contributed by atoms with Crippen molar-refractivity contribution < 1.29 is 9.90 Å². The van der Waals surface area contributed by atoms with Crippen LogP contribution >= 0.6 is 0 Å². The minimum absolute atomic E-state index is 0.180. The number of benzene rings is 1. The van der Waals surface area contributed by atoms with Crippen LogP contribution < -0.4 is 11.1 Å². The van der Waals surface area contributed by atoms with Gasteiger partial charge in [-0.05, 0) is 30.5 Å². The molecule has 7 nitrogen and oxygen atoms in total. The summed E-state index contributed by atoms with van der Waals surface area (Å²) in [4.78, 5) is 15.9. The van der Waals surface area contributed by atoms with Crippen LogP contribution in [-0.4, -0.2) is 38.8 Å². The highest BCUT2D eigenvalue weighted by molar-refractivity contribution is 5.81. The highest BCUT2D eigenvalue weighted by atomic mass is 16.3. The van der Waals surface area contributed by atoms with E-state index in [0.29, 0.717) is 13.0 Å². The Morgan fingerprint density at radius 3 is 2.81 bits per heavy atom. The van der Waals surface area contributed by atoms with Crippen molar-refractivity contribution in [2.75, 3.05) is 6.54 Å². The molecule has 1 heterocycles. The summed E-state index contributed by atoms with van der Waals surface area (Å²) < 4.78 is 0. The molecule has 0 aliphatic rings. The van der Waals surface area contributed by atoms with E-state index in [1.807, 2.05) is 0 Å². The number of aryl methyl sites for hydroxylation is 1. The highest BCUT2D eigenvalue weighted by Crippen LogP contribution is 2.10. The van der Waals surface area contributed by atoms with Crippen molar-refractivity contribution in [3.8, 4) is 5.75 Å². The summed E-state index contributed by atoms with van der Waals surface area (Å²) >= 11 is 0. The second-order valence-corrected chi connectivity index (χ2v) is 4.80. The van der Waals surface area contributed by atoms with Crippen molar-refractivity contribution in [3.05, 3.63) is 42.0 Å². The SMILES string of the molecule is NC(Cc1ccc(O)cc1)C(=O)NCCCc1ncn[nH]1. The molecule has 0 radical (unpaired) electrons. The van der Waals surface area contributed by atoms with E-state index >= 15 is 0 Å². The molecule has 1 aromatic heterocycles. The Kier molecular flexibility index (Phi) is 5.28. The number of rotatable bonds is 7. The number of phenolic OH excluding ortho intramolecular Hbond substituents is 1. The van der Waals surface area contributed by atoms with E-state index in [9.17, 15) is 9.90 Å². The van der Waals surface area contributed by atoms with E-state index in [1.54, 1.807) is 24.3 Å². The molecule has 21 heavy (non-hydrogen) atoms. The number of H-pyrrole nitrogens is 1. The molecule has 2 aromatic rings. The van der Waals surface area contributed by atoms with Crippen molar-refractivity contribution >= 4 is 5.91 Å². The van der Waals surface area contributed by atoms with E-state index in [0.717, 1.165) is 24.2 Å². The topological polar surface area (TPSA) is 117 Å². The van der Waals surface area contributed by atoms with E-state index in [4.69, 9.17) is 5.73 Å². The van der Waals surface area contributed by atoms with E-state index in [2.05, 4.69) is 20.5 Å². The van der Waals surface area contributed by atoms with Gasteiger partial charge in [0.2, 0.25) is 5.91 Å². The molecule has 0 spiro atoms. The number of carbonyl (C=O) groups excluding carboxylic acids is 1. The average Bonchev–Trinajstić information content (AvgIpc) is 2.99. The zero-order valence-electron chi connectivity index (χ0n) is 11.6. The smallest absolute Gasteiger partial charge is 0.237 e. The van der Waals surface area contributed by atoms with Crippen molar-refractivity contribution in [2.24, 2.45) is 5.73 Å². The van der Waals surface area contributed by atoms with Crippen LogP contribution in [0.1, 0.15) is 17.8 Å². The summed E-state index contributed by atoms with van der Waals surface area (Å²) in [5.74, 6) is 0.822. The molecule has 1 aromatic carbocycles. The lowest BCUT2D eigenvalue weighted by Gasteiger charge is -2.12. The molecule has 1 unspecified atom stereocenters. The van der Waals surface area contributed by atoms with Gasteiger partial charge in [-0.15, -0.1) is 0 Å². The van der Waals surface area contributed by atoms with E-state index in [-0.39, 0.29) is 11.7 Å². The lowest BCUT2D eigenvalue weighted by atomic mass is 10.1. The van der Waals surface area contributed by atoms with Crippen LogP contribution in [0.4, 0.5) is 0 Å². The molecule has 0 fully saturated rings. The Balaban J connectivity index is 1.68. The van der Waals surface area contributed by atoms with Crippen LogP contribution in [0.3, 0.4) is 0 Å². The minimum atomic E-state index is -0.597. The maximum atomic E-state index is 11.9. The van der Waals surface area contributed by atoms with Crippen LogP contribution in [0.15, 0.2) is 30.6 Å². The Labute approximate surface area is 122 Å². The first-order valence-corrected chi connectivity index (χ1v) is 6.80. The van der Waals surface area contributed by atoms with Gasteiger partial charge in [0, 0.05) is 13.0 Å². The predicted octanol–water partition coefficient (Wildman–Crippen LogP) is 0.129. The monoisotopic (exact) mass is 289 g/mol. The van der Waals surface area contributed by atoms with Gasteiger partial charge in [-0.25, -0.2) is 4.98 Å². The van der Waals surface area contributed by atoms with Gasteiger partial charge in [-0.3, -0.25) is 9.89 Å². The lowest BCUT2D eigenvalue weighted by molar-refractivity contribution is -0.122. The van der Waals surface area contributed by atoms with Crippen LogP contribution in [0.2, 0.25) is 0 Å². The highest BCUT2D eigenvalue weighted by Gasteiger charge is 2.13. The van der Waals surface area contributed by atoms with Gasteiger partial charge in [-0.2, -0.15) is 5.10 Å². The summed E-state index contributed by atoms with van der Waals surface area (Å²) in [6.07, 6.45) is 3.40. The Bertz CT molecular complexity index is 553. The van der Waals surface area contributed by atoms with Crippen molar-refractivity contribution in [1.82, 2.24) is 20.5 Å². The minimum Gasteiger partial charge on any atom is -0.508 e. The normalized spacial score (nSPS) is 12.0. The Morgan fingerprint density at radius 1 is 1.38 bits per heavy atom. The molecule has 1 atom stereocenters. The molecular formula is C14H19N5O2. The summed E-state index contributed by atoms with van der Waals surface area (Å²) in [6.45, 7) is 0.544. The second-order valence-electron chi connectivity index (χ2n) is 4.80. The third-order valence-corrected chi connectivity index (χ3v) is 3.08. The maximum absolute atomic E-state index is 11.9. The first-order valence-electron chi connectivity index (χ1n) is 6.80. The van der Waals surface area contributed by atoms with Gasteiger partial charge in [-0.1, -0.05) is 12.1 Å². The molecule has 0 saturated heterocycles. The van der Waals surface area contributed by atoms with Gasteiger partial charge in [0.25, 0.3) is 0 Å². The molecule has 7 heteroatoms. The van der Waals surface area contributed by atoms with Crippen LogP contribution in [0.5, 0.6) is 5.75 Å². The number of hydrogen-bond acceptors (Lipinski definition) is 5. The molecule has 0 aliphatic heterocycles. The molecular weight excluding hydrogens is 270 g/mol. The molecule has 0 saturated carbocycles. The average molecular weight is 289 g/mol. The van der Waals surface area contributed by atoms with Gasteiger partial charge in [0.05, 0.1) is 6.04 Å². The quantitative estimate of drug-likeness (QED) is 0.540. The number of phenols is 1. The molecule has 112 valence electrons. The number of amides is 1. The number of aromatic hydroxyl groups is 1. The zero-order chi connectivity index (χ0) is 15.1. The van der Waals surface area contributed by atoms with Gasteiger partial charge in [0.15, 0.2) is 0 Å². The number of carbonyl (C=O) groups is 1. The fourth-order valence-corrected chi connectivity index (χ4v) is 1.93. The molecule has 1 amide bonds. The molecule has 5 N–H and O–H groups in total. The number of nitrogens with zero attached hydrogens (tertiary/aromatic N) is 2. The lowest BCUT2D eigenvalue weighted by Crippen LogP contribution is -2.42. The largest absolute Gasteiger partial charge is 0.508 e. The summed E-state index contributed by atoms with van der Waals surface area (Å²) in [5.41, 5.74) is 6.78. The summed E-state index contributed by atoms with van der Waals surface area (Å²) in [5, 5.41) is 18.5. The fourth-order valence-electron chi connectivity index (χ4n) is 1.93. The third kappa shape index (κ3) is 4.88. The summed E-state index contributed by atoms with van der Waals surface area (Å²) in [7, 11) is 0. The fraction of sp³-hybridized carbons (Fsp3) is 0.357. The first kappa shape index (κ1) is 15.0. The second kappa shape index (κ2) is 7.39. The van der Waals surface area contributed by atoms with Crippen LogP contribution in [0.25, 0.3) is 0 Å². The Morgan fingerprint density at radius 2 is 2.14 bits per heavy atom. The maximum Gasteiger partial charge on any atom is 0.237 e. The van der Waals surface area contributed by atoms with Gasteiger partial charge in [0.1, 0.15) is 17.9 Å². The van der Waals surface area contributed by atoms with Crippen LogP contribution in [-0.2, 0) is 17.6 Å². The predicted molar refractivity (Wildman–Crippen MR) is 77.5 cm³/mol. The van der Waals surface area contributed by atoms with Crippen molar-refractivity contribution in [2.45, 2.75) is 25.3 Å². The van der Waals surface area contributed by atoms with Crippen molar-refractivity contribution in [1.29, 1.82) is 0 Å². The van der Waals surface area contributed by atoms with E-state index < -0.39 is 6.04 Å².